The van der Waals surface area contributed by atoms with E-state index in [1.165, 1.54) is 225 Å². The van der Waals surface area contributed by atoms with E-state index in [-0.39, 0.29) is 0 Å². The van der Waals surface area contributed by atoms with Crippen LogP contribution < -0.4 is 0 Å². The molecule has 34 atom stereocenters. The maximum atomic E-state index is 2.53. The fraction of sp³-hybridized carbons (Fsp3) is 0.808. The van der Waals surface area contributed by atoms with Crippen LogP contribution in [0, 0.1) is 213 Å². The minimum atomic E-state index is 0.903. The van der Waals surface area contributed by atoms with Gasteiger partial charge in [-0.1, -0.05) is 273 Å². The van der Waals surface area contributed by atoms with Gasteiger partial charge in [0.25, 0.3) is 0 Å². The number of unbranched alkanes of at least 4 members (excludes halogenated alkanes) is 6. The van der Waals surface area contributed by atoms with E-state index in [0.29, 0.717) is 0 Å². The molecule has 22 bridgehead atoms. The highest BCUT2D eigenvalue weighted by Gasteiger charge is 2.58. The predicted octanol–water partition coefficient (Wildman–Crippen LogP) is 29.7. The first-order valence-corrected chi connectivity index (χ1v) is 47.7. The Morgan fingerprint density at radius 3 is 1.05 bits per heavy atom. The highest BCUT2D eigenvalue weighted by molar-refractivity contribution is 5.21. The molecule has 0 amide bonds. The van der Waals surface area contributed by atoms with Crippen LogP contribution >= 0.6 is 0 Å². The van der Waals surface area contributed by atoms with Crippen LogP contribution in [0.15, 0.2) is 122 Å². The van der Waals surface area contributed by atoms with Crippen molar-refractivity contribution in [2.45, 2.75) is 312 Å². The third kappa shape index (κ3) is 18.3. The molecule has 0 aromatic heterocycles. The normalized spacial score (nSPS) is 47.4. The summed E-state index contributed by atoms with van der Waals surface area (Å²) in [6.45, 7) is 18.8. The highest BCUT2D eigenvalue weighted by Crippen LogP contribution is 2.66. The molecule has 0 saturated heterocycles. The zero-order chi connectivity index (χ0) is 71.2. The smallest absolute Gasteiger partial charge is 0.0194 e. The average molecular weight is 1410 g/mol. The van der Waals surface area contributed by atoms with Gasteiger partial charge in [-0.15, -0.1) is 0 Å². The van der Waals surface area contributed by atoms with Crippen LogP contribution in [0.5, 0.6) is 0 Å². The van der Waals surface area contributed by atoms with Crippen molar-refractivity contribution in [2.75, 3.05) is 0 Å². The van der Waals surface area contributed by atoms with Crippen LogP contribution in [0.2, 0.25) is 0 Å². The fourth-order valence-electron chi connectivity index (χ4n) is 29.5. The van der Waals surface area contributed by atoms with Crippen LogP contribution in [-0.4, -0.2) is 0 Å². The Kier molecular flexibility index (Phi) is 26.8. The van der Waals surface area contributed by atoms with Gasteiger partial charge in [0.1, 0.15) is 0 Å². The van der Waals surface area contributed by atoms with Gasteiger partial charge in [0.05, 0.1) is 0 Å². The lowest BCUT2D eigenvalue weighted by Gasteiger charge is -2.31. The molecule has 0 aliphatic heterocycles. The first-order chi connectivity index (χ1) is 50.9. The van der Waals surface area contributed by atoms with Crippen molar-refractivity contribution in [3.8, 4) is 0 Å². The first kappa shape index (κ1) is 76.8. The molecule has 0 nitrogen and oxygen atoms in total. The second-order valence-corrected chi connectivity index (χ2v) is 42.0. The second-order valence-electron chi connectivity index (χ2n) is 42.0. The van der Waals surface area contributed by atoms with E-state index in [4.69, 9.17) is 0 Å². The lowest BCUT2D eigenvalue weighted by molar-refractivity contribution is 0.206. The Morgan fingerprint density at radius 2 is 0.673 bits per heavy atom. The van der Waals surface area contributed by atoms with Crippen molar-refractivity contribution in [3.05, 3.63) is 122 Å². The average Bonchev–Trinajstić information content (AvgIpc) is 1.57. The van der Waals surface area contributed by atoms with Crippen LogP contribution in [0.25, 0.3) is 0 Å². The van der Waals surface area contributed by atoms with Crippen molar-refractivity contribution in [1.29, 1.82) is 0 Å². The van der Waals surface area contributed by atoms with E-state index < -0.39 is 0 Å². The van der Waals surface area contributed by atoms with Gasteiger partial charge in [0, 0.05) is 0 Å². The summed E-state index contributed by atoms with van der Waals surface area (Å²) in [5.41, 5.74) is 0. The highest BCUT2D eigenvalue weighted by atomic mass is 14.6. The van der Waals surface area contributed by atoms with Gasteiger partial charge in [0.2, 0.25) is 0 Å². The molecule has 576 valence electrons. The van der Waals surface area contributed by atoms with Gasteiger partial charge >= 0.3 is 0 Å². The lowest BCUT2D eigenvalue weighted by Crippen LogP contribution is -2.25. The summed E-state index contributed by atoms with van der Waals surface area (Å²) in [4.78, 5) is 0. The standard InChI is InChI=1S/C15H26.C13H20.C12H16.C11H18.C10H14.C10H16.2C9H14.C8H12.C7H10/c1-2-3-4-5-6-7-8-14-11-13-9-10-15(14)12-13;1-2-4-11(5-3-1)13-9-10-6-7-12(13)8-10;1-2-8-5-7(1)11-9-3-4-10(6-9)12(8)11;1-2-3-4-10-7-9-5-6-11(10)8-9;1-2-9-7-4-5-8(6-7)10(9)3-1;1-7(2)10-6-8-3-4-9(10)5-8;1-6-7(2)9-4-3-8(6)5-9;1-2-8-5-7-3-4-9(8)6-7;1-6-4-7-2-3-8(6)5-7;1-2-7-4-3-6(1)5-7/h9-10,13-15H,2-8,11-12H2,1H3;6-7,10-13H,1-5,8-9H2;1-2,7-12H,3-6H2;5-6,9-11H,2-4,7-8H2,1H3;4-5,7-10H,1-3,6H2;3-4,7-10H,5-6H2,1-2H3;3-4,6-9H,5H2,1-2H3;3-4,7-9H,2,5-6H2,1H3;2-3,6-8H,4-5H2,1H3;1-2,6-7H,3-5H2. The Balaban J connectivity index is 0.0000000935. The monoisotopic (exact) mass is 1410 g/mol. The van der Waals surface area contributed by atoms with Crippen molar-refractivity contribution in [1.82, 2.24) is 0 Å². The molecule has 104 heavy (non-hydrogen) atoms. The summed E-state index contributed by atoms with van der Waals surface area (Å²) in [6, 6.07) is 0. The van der Waals surface area contributed by atoms with Gasteiger partial charge in [0.15, 0.2) is 0 Å². The molecule has 0 radical (unpaired) electrons. The summed E-state index contributed by atoms with van der Waals surface area (Å²) < 4.78 is 0. The van der Waals surface area contributed by atoms with Crippen LogP contribution in [0.4, 0.5) is 0 Å². The third-order valence-corrected chi connectivity index (χ3v) is 35.6. The fourth-order valence-corrected chi connectivity index (χ4v) is 29.5. The molecule has 14 saturated carbocycles. The largest absolute Gasteiger partial charge is 0.0851 e. The van der Waals surface area contributed by atoms with E-state index in [9.17, 15) is 0 Å². The quantitative estimate of drug-likeness (QED) is 0.0979. The van der Waals surface area contributed by atoms with Gasteiger partial charge in [-0.05, 0) is 374 Å². The van der Waals surface area contributed by atoms with Crippen LogP contribution in [0.3, 0.4) is 0 Å². The zero-order valence-corrected chi connectivity index (χ0v) is 68.6. The van der Waals surface area contributed by atoms with Crippen molar-refractivity contribution in [3.63, 3.8) is 0 Å². The Hall–Kier alpha value is -2.60. The number of fused-ring (bicyclic) bond motifs is 30. The number of hydrogen-bond acceptors (Lipinski definition) is 0. The molecule has 24 aliphatic rings. The molecule has 0 heteroatoms. The second kappa shape index (κ2) is 36.3. The van der Waals surface area contributed by atoms with Gasteiger partial charge in [-0.25, -0.2) is 0 Å². The lowest BCUT2D eigenvalue weighted by atomic mass is 9.73. The number of rotatable bonds is 13. The van der Waals surface area contributed by atoms with E-state index >= 15 is 0 Å². The molecule has 0 N–H and O–H groups in total. The Labute approximate surface area is 642 Å². The predicted molar refractivity (Wildman–Crippen MR) is 447 cm³/mol. The van der Waals surface area contributed by atoms with Gasteiger partial charge in [-0.2, -0.15) is 0 Å². The Morgan fingerprint density at radius 1 is 0.260 bits per heavy atom. The summed E-state index contributed by atoms with van der Waals surface area (Å²) in [5.74, 6) is 36.6. The van der Waals surface area contributed by atoms with E-state index in [0.717, 1.165) is 213 Å². The molecule has 0 aromatic rings. The third-order valence-electron chi connectivity index (χ3n) is 35.6. The minimum Gasteiger partial charge on any atom is -0.0851 e. The molecule has 14 fully saturated rings. The maximum absolute atomic E-state index is 2.53. The van der Waals surface area contributed by atoms with Gasteiger partial charge < -0.3 is 0 Å². The maximum Gasteiger partial charge on any atom is -0.0194 e. The van der Waals surface area contributed by atoms with Crippen molar-refractivity contribution < 1.29 is 0 Å². The van der Waals surface area contributed by atoms with Gasteiger partial charge in [-0.3, -0.25) is 0 Å². The molecule has 24 aliphatic carbocycles. The van der Waals surface area contributed by atoms with E-state index in [1.54, 1.807) is 32.1 Å². The topological polar surface area (TPSA) is 0 Å². The van der Waals surface area contributed by atoms with Crippen molar-refractivity contribution >= 4 is 0 Å². The zero-order valence-electron chi connectivity index (χ0n) is 68.6. The van der Waals surface area contributed by atoms with Crippen molar-refractivity contribution in [2.24, 2.45) is 213 Å². The SMILES string of the molecule is C1=CC2CC1C1C3CCC(C3)C21.C1=CC2CC1C1CCCC21.C1=CC2CC1CC2C1CCCCC1.C1=CC2CCC1C2.CC(C)C1CC2C=CC1C2.CC1C2C=CC(C2)C1C.CC1CC2C=CC1C2.CCC1CC2C=CC1C2.CCCCC1CC2C=CC1C2.CCCCCCCCC1CC2C=CC1C2. The number of hydrogen-bond donors (Lipinski definition) is 0. The first-order valence-electron chi connectivity index (χ1n) is 47.7. The Bertz CT molecular complexity index is 2900. The summed E-state index contributed by atoms with van der Waals surface area (Å²) in [6.07, 6.45) is 109. The van der Waals surface area contributed by atoms with Crippen LogP contribution in [0.1, 0.15) is 312 Å². The molecule has 0 spiro atoms. The summed E-state index contributed by atoms with van der Waals surface area (Å²) >= 11 is 0. The molecule has 0 heterocycles. The molecule has 24 rings (SSSR count). The molecule has 34 unspecified atom stereocenters. The van der Waals surface area contributed by atoms with Crippen LogP contribution in [-0.2, 0) is 0 Å². The van der Waals surface area contributed by atoms with E-state index in [1.807, 2.05) is 0 Å². The van der Waals surface area contributed by atoms with E-state index in [2.05, 4.69) is 177 Å². The summed E-state index contributed by atoms with van der Waals surface area (Å²) in [5, 5.41) is 0. The number of allylic oxidation sites excluding steroid dienone is 20. The molecular weight excluding hydrogens is 1250 g/mol. The molecular formula is C104H160. The minimum absolute atomic E-state index is 0.903. The summed E-state index contributed by atoms with van der Waals surface area (Å²) in [7, 11) is 0. The molecule has 0 aromatic carbocycles.